The van der Waals surface area contributed by atoms with Crippen LogP contribution in [0, 0.1) is 33.5 Å². The lowest BCUT2D eigenvalue weighted by Gasteiger charge is -2.46. The zero-order valence-corrected chi connectivity index (χ0v) is 83.7. The van der Waals surface area contributed by atoms with Crippen molar-refractivity contribution in [2.45, 2.75) is 301 Å². The van der Waals surface area contributed by atoms with Crippen LogP contribution in [-0.4, -0.2) is 403 Å². The number of carbonyl (C=O) groups is 8. The smallest absolute Gasteiger partial charge is 0.248 e. The molecule has 0 unspecified atom stereocenters. The molecule has 13 aliphatic rings. The summed E-state index contributed by atoms with van der Waals surface area (Å²) >= 11 is 0. The zero-order chi connectivity index (χ0) is 92.9. The van der Waals surface area contributed by atoms with Crippen molar-refractivity contribution >= 4 is 47.3 Å². The topological polar surface area (TPSA) is 231 Å². The first kappa shape index (κ1) is 106. The normalized spacial score (nSPS) is 22.4. The predicted octanol–water partition coefficient (Wildman–Crippen LogP) is 10.4. The van der Waals surface area contributed by atoms with E-state index in [2.05, 4.69) is 196 Å². The van der Waals surface area contributed by atoms with E-state index in [1.807, 2.05) is 37.0 Å². The molecule has 0 aromatic carbocycles. The van der Waals surface area contributed by atoms with E-state index in [0.717, 1.165) is 254 Å². The van der Waals surface area contributed by atoms with Crippen LogP contribution in [0.25, 0.3) is 0 Å². The highest BCUT2D eigenvalue weighted by Crippen LogP contribution is 2.31. The van der Waals surface area contributed by atoms with Crippen molar-refractivity contribution in [3.63, 3.8) is 0 Å². The van der Waals surface area contributed by atoms with Crippen LogP contribution in [0.2, 0.25) is 0 Å². The maximum absolute atomic E-state index is 12.4. The summed E-state index contributed by atoms with van der Waals surface area (Å²) < 4.78 is 18.8. The lowest BCUT2D eigenvalue weighted by Crippen LogP contribution is -2.59. The molecule has 8 amide bonds. The van der Waals surface area contributed by atoms with Gasteiger partial charge in [-0.25, -0.2) is 4.98 Å². The molecule has 128 heavy (non-hydrogen) atoms. The van der Waals surface area contributed by atoms with Crippen LogP contribution in [0.3, 0.4) is 0 Å². The van der Waals surface area contributed by atoms with Gasteiger partial charge >= 0.3 is 0 Å². The maximum atomic E-state index is 12.4. The Labute approximate surface area is 774 Å². The molecule has 14 heterocycles. The highest BCUT2D eigenvalue weighted by molar-refractivity contribution is 5.80. The van der Waals surface area contributed by atoms with Gasteiger partial charge in [-0.3, -0.25) is 62.9 Å². The highest BCUT2D eigenvalue weighted by Gasteiger charge is 2.38. The molecule has 0 saturated carbocycles. The molecule has 28 heteroatoms. The molecule has 14 rings (SSSR count). The van der Waals surface area contributed by atoms with Gasteiger partial charge in [0.25, 0.3) is 0 Å². The second-order valence-corrected chi connectivity index (χ2v) is 45.0. The number of hydrogen-bond acceptors (Lipinski definition) is 19. The molecule has 0 bridgehead atoms. The SMILES string of the molecule is CC(C)(C)CC(=O)N1CC=CCC1.CC(C)(C)CC(=O)N1CCC(N2CCN(C3CCOCC3)CC2)CC1.CC(C)(C)CC(=O)N1CCC(N2CCN(C3COC3)CC2)CC1.CC(C)CC(=O)N1CCC(N2CCn3cncc3C2)CC1.CC(C)CC(=O)N1CCC(OCC(=O)N2CCN(C)CC2)CC1.CN(CCC(=O)N1CCC1)C1CCN(C(=O)CC(C)(C)C)CC1. The van der Waals surface area contributed by atoms with Crippen molar-refractivity contribution in [2.75, 3.05) is 230 Å². The number of imidazole rings is 1. The van der Waals surface area contributed by atoms with E-state index in [9.17, 15) is 38.4 Å². The summed E-state index contributed by atoms with van der Waals surface area (Å²) in [5, 5.41) is 0. The minimum absolute atomic E-state index is 0.0575. The molecule has 730 valence electrons. The number of piperidine rings is 5. The minimum Gasteiger partial charge on any atom is -0.381 e. The molecular weight excluding hydrogens is 1620 g/mol. The molecule has 1 aromatic heterocycles. The van der Waals surface area contributed by atoms with Crippen molar-refractivity contribution in [1.29, 1.82) is 0 Å². The van der Waals surface area contributed by atoms with Gasteiger partial charge in [0.15, 0.2) is 0 Å². The van der Waals surface area contributed by atoms with Crippen molar-refractivity contribution < 1.29 is 52.6 Å². The van der Waals surface area contributed by atoms with Crippen molar-refractivity contribution in [1.82, 2.24) is 83.0 Å². The summed E-state index contributed by atoms with van der Waals surface area (Å²) in [4.78, 5) is 135. The first-order chi connectivity index (χ1) is 60.7. The Kier molecular flexibility index (Phi) is 42.8. The van der Waals surface area contributed by atoms with Crippen LogP contribution >= 0.6 is 0 Å². The van der Waals surface area contributed by atoms with E-state index >= 15 is 0 Å². The standard InChI is InChI=1S/C20H37N3O2.2C18H33N3O2.C17H31N3O3.C16H26N4O.C11H19NO/c1-20(2,3)16-19(24)23-8-4-17(5-9-23)21-10-12-22(13-11-21)18-6-14-25-15-7-18;1-18(2,3)12-17(22)21-6-4-15(5-7-21)19-8-10-20(11-9-19)16-13-23-14-16;1-18(2,3)14-17(23)21-12-6-15(7-13-21)19(4)11-8-16(22)20-9-5-10-20;1-14(2)12-16(21)19-6-4-15(5-7-19)23-13-17(22)20-10-8-18(3)9-11-20;1-13(2)9-16(21)18-5-3-14(4-6-18)19-7-8-20-12-17-10-15(20)11-19;1-11(2,3)9-10(13)12-7-5-4-6-8-12/h17-18H,4-16H2,1-3H3;15-16H,4-14H2,1-3H3;15H,5-14H2,1-4H3;14-15H,4-13H2,1-3H3;10,12-14H,3-9,11H2,1-2H3;4-5H,6-9H2,1-3H3. The van der Waals surface area contributed by atoms with E-state index in [1.54, 1.807) is 0 Å². The summed E-state index contributed by atoms with van der Waals surface area (Å²) in [7, 11) is 4.19. The Bertz CT molecular complexity index is 3510. The van der Waals surface area contributed by atoms with Crippen LogP contribution in [-0.2, 0) is 65.7 Å². The Morgan fingerprint density at radius 1 is 0.398 bits per heavy atom. The molecule has 11 saturated heterocycles. The number of likely N-dealkylation sites (N-methyl/N-ethyl adjacent to an activating group) is 1. The van der Waals surface area contributed by atoms with Gasteiger partial charge in [-0.2, -0.15) is 0 Å². The lowest BCUT2D eigenvalue weighted by molar-refractivity contribution is -0.143. The number of fused-ring (bicyclic) bond motifs is 1. The molecule has 28 nitrogen and oxygen atoms in total. The number of piperazine rings is 3. The quantitative estimate of drug-likeness (QED) is 0.110. The second kappa shape index (κ2) is 51.7. The van der Waals surface area contributed by atoms with Gasteiger partial charge < -0.3 is 67.8 Å². The molecule has 13 aliphatic heterocycles. The number of amides is 8. The average Bonchev–Trinajstić information content (AvgIpc) is 1.54. The molecule has 0 atom stereocenters. The van der Waals surface area contributed by atoms with E-state index in [-0.39, 0.29) is 58.0 Å². The molecular formula is C100H179N17O11. The van der Waals surface area contributed by atoms with Crippen LogP contribution in [0.4, 0.5) is 0 Å². The maximum Gasteiger partial charge on any atom is 0.248 e. The monoisotopic (exact) mass is 1790 g/mol. The fourth-order valence-corrected chi connectivity index (χ4v) is 19.8. The second-order valence-electron chi connectivity index (χ2n) is 45.0. The van der Waals surface area contributed by atoms with E-state index < -0.39 is 0 Å². The van der Waals surface area contributed by atoms with Gasteiger partial charge in [-0.1, -0.05) is 123 Å². The molecule has 0 N–H and O–H groups in total. The van der Waals surface area contributed by atoms with Crippen LogP contribution in [0.5, 0.6) is 0 Å². The number of hydrogen-bond donors (Lipinski definition) is 0. The van der Waals surface area contributed by atoms with Gasteiger partial charge in [0, 0.05) is 291 Å². The fraction of sp³-hybridized carbons (Fsp3) is 0.870. The Balaban J connectivity index is 0.000000175. The summed E-state index contributed by atoms with van der Waals surface area (Å²) in [6, 6.07) is 3.89. The number of nitrogens with zero attached hydrogens (tertiary/aromatic N) is 17. The molecule has 0 aliphatic carbocycles. The van der Waals surface area contributed by atoms with Gasteiger partial charge in [-0.15, -0.1) is 0 Å². The number of aromatic nitrogens is 2. The summed E-state index contributed by atoms with van der Waals surface area (Å²) in [5.41, 5.74) is 1.67. The third-order valence-electron chi connectivity index (χ3n) is 28.1. The van der Waals surface area contributed by atoms with E-state index in [0.29, 0.717) is 111 Å². The number of ether oxygens (including phenoxy) is 3. The number of rotatable bonds is 20. The molecule has 11 fully saturated rings. The van der Waals surface area contributed by atoms with Gasteiger partial charge in [0.2, 0.25) is 47.3 Å². The van der Waals surface area contributed by atoms with Crippen molar-refractivity contribution in [2.24, 2.45) is 33.5 Å². The predicted molar refractivity (Wildman–Crippen MR) is 509 cm³/mol. The summed E-state index contributed by atoms with van der Waals surface area (Å²) in [5.74, 6) is 3.07. The van der Waals surface area contributed by atoms with Crippen LogP contribution < -0.4 is 0 Å². The zero-order valence-electron chi connectivity index (χ0n) is 83.7. The van der Waals surface area contributed by atoms with E-state index in [4.69, 9.17) is 14.2 Å². The number of likely N-dealkylation sites (tertiary alicyclic amines) is 6. The fourth-order valence-electron chi connectivity index (χ4n) is 19.8. The van der Waals surface area contributed by atoms with Gasteiger partial charge in [0.05, 0.1) is 37.4 Å². The van der Waals surface area contributed by atoms with Gasteiger partial charge in [0.1, 0.15) is 6.61 Å². The Morgan fingerprint density at radius 3 is 1.16 bits per heavy atom. The Hall–Kier alpha value is -5.69. The first-order valence-electron chi connectivity index (χ1n) is 50.4. The number of carbonyl (C=O) groups excluding carboxylic acids is 8. The first-order valence-corrected chi connectivity index (χ1v) is 50.4. The summed E-state index contributed by atoms with van der Waals surface area (Å²) in [6.45, 7) is 67.1. The molecule has 0 spiro atoms. The van der Waals surface area contributed by atoms with E-state index in [1.165, 1.54) is 70.9 Å². The minimum atomic E-state index is 0.0575. The lowest BCUT2D eigenvalue weighted by atomic mass is 9.91. The third-order valence-corrected chi connectivity index (χ3v) is 28.1. The Morgan fingerprint density at radius 2 is 0.773 bits per heavy atom. The molecule has 1 aromatic rings. The van der Waals surface area contributed by atoms with Crippen molar-refractivity contribution in [3.05, 3.63) is 30.4 Å². The van der Waals surface area contributed by atoms with Crippen LogP contribution in [0.1, 0.15) is 251 Å². The van der Waals surface area contributed by atoms with Gasteiger partial charge in [-0.05, 0) is 137 Å². The average molecular weight is 1800 g/mol. The largest absolute Gasteiger partial charge is 0.381 e. The van der Waals surface area contributed by atoms with Crippen molar-refractivity contribution in [3.8, 4) is 0 Å². The third kappa shape index (κ3) is 36.9. The highest BCUT2D eigenvalue weighted by atomic mass is 16.5. The summed E-state index contributed by atoms with van der Waals surface area (Å²) in [6.07, 6.45) is 27.8. The molecule has 0 radical (unpaired) electrons. The van der Waals surface area contributed by atoms with Crippen LogP contribution in [0.15, 0.2) is 24.7 Å².